The van der Waals surface area contributed by atoms with Crippen LogP contribution in [0.2, 0.25) is 0 Å². The molecule has 1 unspecified atom stereocenters. The Labute approximate surface area is 87.6 Å². The molecule has 1 heterocycles. The number of aromatic nitrogens is 2. The summed E-state index contributed by atoms with van der Waals surface area (Å²) in [5, 5.41) is 4.40. The van der Waals surface area contributed by atoms with Gasteiger partial charge in [-0.05, 0) is 12.8 Å². The van der Waals surface area contributed by atoms with Crippen LogP contribution in [-0.2, 0) is 5.75 Å². The molecule has 1 atom stereocenters. The van der Waals surface area contributed by atoms with Gasteiger partial charge in [0.15, 0.2) is 5.82 Å². The molecule has 0 aromatic carbocycles. The summed E-state index contributed by atoms with van der Waals surface area (Å²) in [4.78, 5) is 4.34. The van der Waals surface area contributed by atoms with Crippen LogP contribution in [0.4, 0.5) is 0 Å². The number of hydrogen-bond donors (Lipinski definition) is 1. The highest BCUT2D eigenvalue weighted by molar-refractivity contribution is 7.99. The van der Waals surface area contributed by atoms with Crippen LogP contribution >= 0.6 is 11.8 Å². The highest BCUT2D eigenvalue weighted by Crippen LogP contribution is 2.38. The van der Waals surface area contributed by atoms with E-state index >= 15 is 0 Å². The van der Waals surface area contributed by atoms with E-state index in [1.165, 1.54) is 12.8 Å². The highest BCUT2D eigenvalue weighted by atomic mass is 32.2. The van der Waals surface area contributed by atoms with Crippen molar-refractivity contribution in [1.82, 2.24) is 10.1 Å². The molecule has 0 spiro atoms. The number of nitrogens with zero attached hydrogens (tertiary/aromatic N) is 2. The molecule has 2 rings (SSSR count). The molecule has 5 heteroatoms. The van der Waals surface area contributed by atoms with Crippen molar-refractivity contribution in [3.63, 3.8) is 0 Å². The van der Waals surface area contributed by atoms with Crippen LogP contribution in [0.3, 0.4) is 0 Å². The molecule has 1 aromatic rings. The Hall–Kier alpha value is -0.550. The zero-order chi connectivity index (χ0) is 9.97. The van der Waals surface area contributed by atoms with Crippen molar-refractivity contribution in [2.45, 2.75) is 36.7 Å². The number of rotatable bonds is 5. The second kappa shape index (κ2) is 4.31. The van der Waals surface area contributed by atoms with Crippen LogP contribution in [0.1, 0.15) is 37.4 Å². The summed E-state index contributed by atoms with van der Waals surface area (Å²) in [5.74, 6) is 2.97. The fraction of sp³-hybridized carbons (Fsp3) is 0.778. The van der Waals surface area contributed by atoms with Crippen LogP contribution < -0.4 is 5.73 Å². The van der Waals surface area contributed by atoms with Crippen LogP contribution in [0.25, 0.3) is 0 Å². The Bertz CT molecular complexity index is 298. The fourth-order valence-electron chi connectivity index (χ4n) is 1.12. The Kier molecular flexibility index (Phi) is 3.08. The minimum Gasteiger partial charge on any atom is -0.338 e. The van der Waals surface area contributed by atoms with E-state index in [-0.39, 0.29) is 0 Å². The van der Waals surface area contributed by atoms with E-state index in [4.69, 9.17) is 10.3 Å². The van der Waals surface area contributed by atoms with Crippen molar-refractivity contribution in [3.8, 4) is 0 Å². The lowest BCUT2D eigenvalue weighted by Crippen LogP contribution is -2.12. The van der Waals surface area contributed by atoms with Crippen LogP contribution in [-0.4, -0.2) is 21.9 Å². The van der Waals surface area contributed by atoms with Gasteiger partial charge in [0.25, 0.3) is 0 Å². The van der Waals surface area contributed by atoms with Gasteiger partial charge in [-0.2, -0.15) is 4.98 Å². The highest BCUT2D eigenvalue weighted by Gasteiger charge is 2.28. The molecule has 1 aliphatic carbocycles. The minimum atomic E-state index is 0.450. The van der Waals surface area contributed by atoms with Crippen molar-refractivity contribution < 1.29 is 4.52 Å². The number of hydrogen-bond acceptors (Lipinski definition) is 5. The number of nitrogens with two attached hydrogens (primary N) is 1. The molecule has 1 saturated carbocycles. The van der Waals surface area contributed by atoms with Gasteiger partial charge in [0.1, 0.15) is 0 Å². The first kappa shape index (κ1) is 9.98. The Morgan fingerprint density at radius 2 is 2.43 bits per heavy atom. The van der Waals surface area contributed by atoms with Gasteiger partial charge in [0.05, 0.1) is 5.75 Å². The zero-order valence-corrected chi connectivity index (χ0v) is 9.09. The van der Waals surface area contributed by atoms with Crippen LogP contribution in [0, 0.1) is 0 Å². The van der Waals surface area contributed by atoms with Gasteiger partial charge < -0.3 is 10.3 Å². The van der Waals surface area contributed by atoms with Crippen molar-refractivity contribution in [3.05, 3.63) is 11.7 Å². The van der Waals surface area contributed by atoms with Crippen molar-refractivity contribution >= 4 is 11.8 Å². The summed E-state index contributed by atoms with van der Waals surface area (Å²) in [6, 6.07) is 0. The molecule has 0 amide bonds. The fourth-order valence-corrected chi connectivity index (χ4v) is 1.80. The molecular weight excluding hydrogens is 198 g/mol. The molecule has 4 nitrogen and oxygen atoms in total. The molecular formula is C9H15N3OS. The molecule has 2 N–H and O–H groups in total. The molecule has 0 radical (unpaired) electrons. The molecule has 1 aromatic heterocycles. The normalized spacial score (nSPS) is 18.4. The van der Waals surface area contributed by atoms with Gasteiger partial charge in [0, 0.05) is 17.7 Å². The maximum absolute atomic E-state index is 5.51. The second-order valence-electron chi connectivity index (χ2n) is 3.68. The third-order valence-electron chi connectivity index (χ3n) is 2.25. The first-order valence-corrected chi connectivity index (χ1v) is 5.98. The lowest BCUT2D eigenvalue weighted by Gasteiger charge is -2.03. The Morgan fingerprint density at radius 3 is 3.07 bits per heavy atom. The summed E-state index contributed by atoms with van der Waals surface area (Å²) in [5.41, 5.74) is 5.51. The molecule has 0 bridgehead atoms. The molecule has 0 aliphatic heterocycles. The van der Waals surface area contributed by atoms with Gasteiger partial charge in [-0.3, -0.25) is 0 Å². The van der Waals surface area contributed by atoms with Crippen molar-refractivity contribution in [2.75, 3.05) is 6.54 Å². The topological polar surface area (TPSA) is 64.9 Å². The summed E-state index contributed by atoms with van der Waals surface area (Å²) in [6.45, 7) is 2.79. The third kappa shape index (κ3) is 2.48. The standard InChI is InChI=1S/C9H15N3OS/c1-6(4-10)14-5-8-11-9(12-13-8)7-2-3-7/h6-7H,2-5,10H2,1H3. The predicted molar refractivity (Wildman–Crippen MR) is 56.1 cm³/mol. The molecule has 78 valence electrons. The van der Waals surface area contributed by atoms with Gasteiger partial charge in [-0.25, -0.2) is 0 Å². The van der Waals surface area contributed by atoms with Crippen molar-refractivity contribution in [2.24, 2.45) is 5.73 Å². The lowest BCUT2D eigenvalue weighted by molar-refractivity contribution is 0.385. The van der Waals surface area contributed by atoms with Gasteiger partial charge in [0.2, 0.25) is 5.89 Å². The van der Waals surface area contributed by atoms with Gasteiger partial charge in [-0.1, -0.05) is 12.1 Å². The summed E-state index contributed by atoms with van der Waals surface area (Å²) in [7, 11) is 0. The second-order valence-corrected chi connectivity index (χ2v) is 5.10. The van der Waals surface area contributed by atoms with Gasteiger partial charge in [-0.15, -0.1) is 11.8 Å². The third-order valence-corrected chi connectivity index (χ3v) is 3.42. The molecule has 1 fully saturated rings. The van der Waals surface area contributed by atoms with E-state index in [2.05, 4.69) is 17.1 Å². The van der Waals surface area contributed by atoms with Crippen LogP contribution in [0.5, 0.6) is 0 Å². The monoisotopic (exact) mass is 213 g/mol. The maximum atomic E-state index is 5.51. The largest absolute Gasteiger partial charge is 0.338 e. The first-order chi connectivity index (χ1) is 6.79. The maximum Gasteiger partial charge on any atom is 0.236 e. The summed E-state index contributed by atoms with van der Waals surface area (Å²) in [6.07, 6.45) is 2.43. The van der Waals surface area contributed by atoms with E-state index in [0.29, 0.717) is 17.7 Å². The summed E-state index contributed by atoms with van der Waals surface area (Å²) >= 11 is 1.75. The van der Waals surface area contributed by atoms with Gasteiger partial charge >= 0.3 is 0 Å². The average molecular weight is 213 g/mol. The Balaban J connectivity index is 1.83. The zero-order valence-electron chi connectivity index (χ0n) is 8.27. The van der Waals surface area contributed by atoms with E-state index in [1.807, 2.05) is 0 Å². The minimum absolute atomic E-state index is 0.450. The van der Waals surface area contributed by atoms with E-state index < -0.39 is 0 Å². The molecule has 14 heavy (non-hydrogen) atoms. The van der Waals surface area contributed by atoms with Crippen LogP contribution in [0.15, 0.2) is 4.52 Å². The lowest BCUT2D eigenvalue weighted by atomic mass is 10.4. The quantitative estimate of drug-likeness (QED) is 0.803. The SMILES string of the molecule is CC(CN)SCc1nc(C2CC2)no1. The number of thioether (sulfide) groups is 1. The van der Waals surface area contributed by atoms with E-state index in [9.17, 15) is 0 Å². The smallest absolute Gasteiger partial charge is 0.236 e. The van der Waals surface area contributed by atoms with E-state index in [1.54, 1.807) is 11.8 Å². The average Bonchev–Trinajstić information content (AvgIpc) is 2.95. The Morgan fingerprint density at radius 1 is 1.64 bits per heavy atom. The first-order valence-electron chi connectivity index (χ1n) is 4.93. The van der Waals surface area contributed by atoms with E-state index in [0.717, 1.165) is 17.5 Å². The summed E-state index contributed by atoms with van der Waals surface area (Å²) < 4.78 is 5.14. The van der Waals surface area contributed by atoms with Crippen molar-refractivity contribution in [1.29, 1.82) is 0 Å². The predicted octanol–water partition coefficient (Wildman–Crippen LogP) is 1.53. The molecule has 0 saturated heterocycles. The molecule has 1 aliphatic rings.